The second kappa shape index (κ2) is 14.7. The van der Waals surface area contributed by atoms with Crippen molar-refractivity contribution in [3.05, 3.63) is 102 Å². The number of rotatable bonds is 10. The van der Waals surface area contributed by atoms with Crippen LogP contribution in [0.25, 0.3) is 44.3 Å². The largest absolute Gasteiger partial charge is 0.505 e. The van der Waals surface area contributed by atoms with E-state index in [1.165, 1.54) is 18.0 Å². The minimum atomic E-state index is -4.89. The number of azo groups is 2. The minimum Gasteiger partial charge on any atom is -0.505 e. The summed E-state index contributed by atoms with van der Waals surface area (Å²) >= 11 is 9.06. The first-order chi connectivity index (χ1) is 25.9. The molecule has 0 atom stereocenters. The van der Waals surface area contributed by atoms with Gasteiger partial charge in [0.2, 0.25) is 0 Å². The fraction of sp³-hybridized carbons (Fsp3) is 0.128. The average molecular weight is 776 g/mol. The molecule has 0 saturated heterocycles. The van der Waals surface area contributed by atoms with Gasteiger partial charge in [0.1, 0.15) is 33.1 Å². The molecule has 0 fully saturated rings. The molecular formula is C39H33N7O5S3. The van der Waals surface area contributed by atoms with Crippen molar-refractivity contribution in [1.29, 1.82) is 0 Å². The topological polar surface area (TPSA) is 164 Å². The third-order valence-corrected chi connectivity index (χ3v) is 10.5. The van der Waals surface area contributed by atoms with Gasteiger partial charge in [0.15, 0.2) is 5.75 Å². The number of benzene rings is 6. The Balaban J connectivity index is 1.27. The van der Waals surface area contributed by atoms with Gasteiger partial charge in [-0.2, -0.15) is 18.3 Å². The first-order valence-corrected chi connectivity index (χ1v) is 19.0. The molecule has 0 bridgehead atoms. The maximum Gasteiger partial charge on any atom is 0.296 e. The van der Waals surface area contributed by atoms with Crippen molar-refractivity contribution in [3.8, 4) is 17.2 Å². The fourth-order valence-electron chi connectivity index (χ4n) is 6.19. The maximum atomic E-state index is 12.7. The van der Waals surface area contributed by atoms with Gasteiger partial charge in [-0.15, -0.1) is 50.8 Å². The lowest BCUT2D eigenvalue weighted by Crippen LogP contribution is -2.01. The highest BCUT2D eigenvalue weighted by atomic mass is 32.2. The van der Waals surface area contributed by atoms with E-state index in [0.717, 1.165) is 38.1 Å². The smallest absolute Gasteiger partial charge is 0.296 e. The normalized spacial score (nSPS) is 12.2. The maximum absolute atomic E-state index is 12.7. The van der Waals surface area contributed by atoms with Crippen LogP contribution < -0.4 is 4.74 Å². The fourth-order valence-corrected chi connectivity index (χ4v) is 7.55. The number of ether oxygens (including phenoxy) is 1. The molecule has 0 radical (unpaired) electrons. The molecule has 54 heavy (non-hydrogen) atoms. The number of aryl methyl sites for hydroxylation is 2. The summed E-state index contributed by atoms with van der Waals surface area (Å²) in [4.78, 5) is 2.25. The number of hydrogen-bond acceptors (Lipinski definition) is 12. The summed E-state index contributed by atoms with van der Waals surface area (Å²) in [5.41, 5.74) is 5.50. The first kappa shape index (κ1) is 36.7. The van der Waals surface area contributed by atoms with Crippen molar-refractivity contribution in [3.63, 3.8) is 0 Å². The van der Waals surface area contributed by atoms with E-state index >= 15 is 0 Å². The zero-order chi connectivity index (χ0) is 38.3. The molecule has 0 saturated carbocycles. The third kappa shape index (κ3) is 6.94. The highest BCUT2D eigenvalue weighted by molar-refractivity contribution is 7.86. The summed E-state index contributed by atoms with van der Waals surface area (Å²) in [6.07, 6.45) is 3.04. The number of nitrogens with zero attached hydrogens (tertiary/aromatic N) is 7. The van der Waals surface area contributed by atoms with Gasteiger partial charge in [-0.3, -0.25) is 4.55 Å². The molecule has 6 aromatic carbocycles. The summed E-state index contributed by atoms with van der Waals surface area (Å²) in [6.45, 7) is 7.77. The zero-order valence-electron chi connectivity index (χ0n) is 29.3. The van der Waals surface area contributed by atoms with Crippen molar-refractivity contribution in [1.82, 2.24) is 15.0 Å². The molecule has 2 N–H and O–H groups in total. The Kier molecular flexibility index (Phi) is 9.98. The number of phenolic OH excluding ortho intramolecular Hbond substituents is 1. The van der Waals surface area contributed by atoms with Crippen LogP contribution in [0.5, 0.6) is 11.5 Å². The molecule has 0 aliphatic heterocycles. The van der Waals surface area contributed by atoms with Crippen LogP contribution in [0.15, 0.2) is 121 Å². The molecular weight excluding hydrogens is 743 g/mol. The molecule has 0 aliphatic rings. The quantitative estimate of drug-likeness (QED) is 0.0610. The second-order valence-electron chi connectivity index (χ2n) is 12.3. The van der Waals surface area contributed by atoms with Crippen LogP contribution in [-0.4, -0.2) is 40.2 Å². The lowest BCUT2D eigenvalue weighted by molar-refractivity contribution is 0.416. The van der Waals surface area contributed by atoms with E-state index in [0.29, 0.717) is 51.5 Å². The number of thiol groups is 2. The molecule has 1 aromatic heterocycles. The van der Waals surface area contributed by atoms with Gasteiger partial charge in [-0.1, -0.05) is 38.6 Å². The van der Waals surface area contributed by atoms with Crippen LogP contribution in [0.3, 0.4) is 0 Å². The van der Waals surface area contributed by atoms with Crippen molar-refractivity contribution >= 4 is 96.8 Å². The third-order valence-electron chi connectivity index (χ3n) is 8.99. The SMILES string of the molecule is C=Cc1ccc(N=Nc2cc(CC)c(N=Nc3c(S(=O)(=O)O)cc4cc(-n5nc6ccc7c(S)cc(S)cc7c6n5)ccc4c3O)cc2OC)c(CC)c1. The molecule has 7 rings (SSSR count). The van der Waals surface area contributed by atoms with Gasteiger partial charge < -0.3 is 9.84 Å². The van der Waals surface area contributed by atoms with Crippen LogP contribution >= 0.6 is 25.3 Å². The molecule has 12 nitrogen and oxygen atoms in total. The molecule has 15 heteroatoms. The Morgan fingerprint density at radius 1 is 0.815 bits per heavy atom. The predicted molar refractivity (Wildman–Crippen MR) is 216 cm³/mol. The first-order valence-electron chi connectivity index (χ1n) is 16.7. The number of methoxy groups -OCH3 is 1. The van der Waals surface area contributed by atoms with Crippen molar-refractivity contribution < 1.29 is 22.8 Å². The molecule has 1 heterocycles. The van der Waals surface area contributed by atoms with Crippen molar-refractivity contribution in [2.75, 3.05) is 7.11 Å². The predicted octanol–water partition coefficient (Wildman–Crippen LogP) is 10.9. The Labute approximate surface area is 321 Å². The van der Waals surface area contributed by atoms with Crippen molar-refractivity contribution in [2.24, 2.45) is 20.5 Å². The standard InChI is InChI=1S/C39H33N7O5S3/c1-5-21-8-12-30(22(6-2)14-21)40-42-33-16-23(7-3)32(20-34(33)51-4)41-43-38-36(54(48,49)50)17-24-15-25(9-10-27(24)39(38)47)46-44-31-13-11-28-29(37(31)45-46)18-26(52)19-35(28)53/h5,8-20,47,52-53H,1,6-7H2,2-4H3,(H,48,49,50). The van der Waals surface area contributed by atoms with E-state index in [1.807, 2.05) is 56.3 Å². The Hall–Kier alpha value is -5.61. The second-order valence-corrected chi connectivity index (χ2v) is 14.7. The summed E-state index contributed by atoms with van der Waals surface area (Å²) in [5, 5.41) is 40.4. The molecule has 0 unspecified atom stereocenters. The van der Waals surface area contributed by atoms with Gasteiger partial charge in [0.25, 0.3) is 10.1 Å². The lowest BCUT2D eigenvalue weighted by atomic mass is 10.1. The van der Waals surface area contributed by atoms with Gasteiger partial charge in [0, 0.05) is 26.6 Å². The van der Waals surface area contributed by atoms with Crippen LogP contribution in [0.4, 0.5) is 22.7 Å². The van der Waals surface area contributed by atoms with Gasteiger partial charge in [-0.05, 0) is 101 Å². The van der Waals surface area contributed by atoms with E-state index in [-0.39, 0.29) is 10.8 Å². The van der Waals surface area contributed by atoms with Crippen LogP contribution in [0.1, 0.15) is 30.5 Å². The number of phenols is 1. The van der Waals surface area contributed by atoms with Gasteiger partial charge in [-0.25, -0.2) is 0 Å². The summed E-state index contributed by atoms with van der Waals surface area (Å²) in [5.74, 6) is -0.145. The van der Waals surface area contributed by atoms with Crippen molar-refractivity contribution in [2.45, 2.75) is 41.4 Å². The monoisotopic (exact) mass is 775 g/mol. The lowest BCUT2D eigenvalue weighted by Gasteiger charge is -2.11. The number of aromatic nitrogens is 3. The van der Waals surface area contributed by atoms with E-state index < -0.39 is 26.5 Å². The Bertz CT molecular complexity index is 2840. The van der Waals surface area contributed by atoms with E-state index in [4.69, 9.17) is 9.84 Å². The van der Waals surface area contributed by atoms with Crippen LogP contribution in [-0.2, 0) is 23.0 Å². The molecule has 0 aliphatic carbocycles. The molecule has 272 valence electrons. The minimum absolute atomic E-state index is 0.262. The van der Waals surface area contributed by atoms with Gasteiger partial charge >= 0.3 is 0 Å². The Morgan fingerprint density at radius 3 is 2.26 bits per heavy atom. The van der Waals surface area contributed by atoms with E-state index in [9.17, 15) is 18.1 Å². The van der Waals surface area contributed by atoms with E-state index in [1.54, 1.807) is 36.4 Å². The summed E-state index contributed by atoms with van der Waals surface area (Å²) in [7, 11) is -3.40. The molecule has 7 aromatic rings. The van der Waals surface area contributed by atoms with Gasteiger partial charge in [0.05, 0.1) is 24.2 Å². The summed E-state index contributed by atoms with van der Waals surface area (Å²) in [6, 6.07) is 22.7. The van der Waals surface area contributed by atoms with Crippen LogP contribution in [0, 0.1) is 0 Å². The molecule has 0 spiro atoms. The molecule has 0 amide bonds. The zero-order valence-corrected chi connectivity index (χ0v) is 31.9. The highest BCUT2D eigenvalue weighted by Crippen LogP contribution is 2.43. The highest BCUT2D eigenvalue weighted by Gasteiger charge is 2.23. The number of hydrogen-bond donors (Lipinski definition) is 4. The van der Waals surface area contributed by atoms with Crippen LogP contribution in [0.2, 0.25) is 0 Å². The summed E-state index contributed by atoms with van der Waals surface area (Å²) < 4.78 is 41.3. The average Bonchev–Trinajstić information content (AvgIpc) is 3.61. The number of aromatic hydroxyl groups is 1. The van der Waals surface area contributed by atoms with E-state index in [2.05, 4.69) is 57.4 Å². The number of fused-ring (bicyclic) bond motifs is 4. The Morgan fingerprint density at radius 2 is 1.54 bits per heavy atom.